The topological polar surface area (TPSA) is 92.4 Å². The van der Waals surface area contributed by atoms with Gasteiger partial charge in [-0.15, -0.1) is 0 Å². The van der Waals surface area contributed by atoms with Crippen molar-refractivity contribution in [2.45, 2.75) is 19.9 Å². The Labute approximate surface area is 104 Å². The summed E-state index contributed by atoms with van der Waals surface area (Å²) in [5.74, 6) is -2.73. The van der Waals surface area contributed by atoms with Crippen LogP contribution in [0, 0.1) is 11.7 Å². The quantitative estimate of drug-likeness (QED) is 0.758. The number of carbonyl (C=O) groups is 2. The number of hydrogen-bond acceptors (Lipinski definition) is 3. The molecular formula is C12H15FN2O3. The van der Waals surface area contributed by atoms with Crippen molar-refractivity contribution in [3.05, 3.63) is 29.6 Å². The molecule has 0 aliphatic rings. The molecule has 0 heterocycles. The number of carboxylic acids is 1. The molecule has 1 atom stereocenters. The third-order valence-corrected chi connectivity index (χ3v) is 2.49. The fourth-order valence-electron chi connectivity index (χ4n) is 1.30. The van der Waals surface area contributed by atoms with E-state index in [4.69, 9.17) is 10.8 Å². The van der Waals surface area contributed by atoms with E-state index in [1.165, 1.54) is 6.07 Å². The molecule has 1 aromatic carbocycles. The minimum Gasteiger partial charge on any atom is -0.478 e. The molecule has 1 rings (SSSR count). The van der Waals surface area contributed by atoms with Gasteiger partial charge in [0.2, 0.25) is 5.91 Å². The van der Waals surface area contributed by atoms with E-state index in [0.29, 0.717) is 0 Å². The van der Waals surface area contributed by atoms with Gasteiger partial charge in [-0.05, 0) is 24.1 Å². The van der Waals surface area contributed by atoms with E-state index in [9.17, 15) is 14.0 Å². The van der Waals surface area contributed by atoms with Crippen LogP contribution in [-0.4, -0.2) is 23.0 Å². The molecule has 0 aliphatic heterocycles. The normalized spacial score (nSPS) is 12.3. The zero-order valence-corrected chi connectivity index (χ0v) is 10.1. The smallest absolute Gasteiger partial charge is 0.338 e. The van der Waals surface area contributed by atoms with Crippen molar-refractivity contribution < 1.29 is 19.1 Å². The number of aromatic carboxylic acids is 1. The molecule has 18 heavy (non-hydrogen) atoms. The molecule has 0 unspecified atom stereocenters. The predicted molar refractivity (Wildman–Crippen MR) is 64.8 cm³/mol. The summed E-state index contributed by atoms with van der Waals surface area (Å²) < 4.78 is 13.1. The van der Waals surface area contributed by atoms with Gasteiger partial charge >= 0.3 is 5.97 Å². The van der Waals surface area contributed by atoms with Gasteiger partial charge in [0.15, 0.2) is 0 Å². The Balaban J connectivity index is 2.89. The van der Waals surface area contributed by atoms with Gasteiger partial charge in [0.25, 0.3) is 0 Å². The monoisotopic (exact) mass is 254 g/mol. The van der Waals surface area contributed by atoms with Gasteiger partial charge in [-0.1, -0.05) is 13.8 Å². The number of anilines is 1. The van der Waals surface area contributed by atoms with E-state index in [-0.39, 0.29) is 11.6 Å². The largest absolute Gasteiger partial charge is 0.478 e. The molecule has 0 aliphatic carbocycles. The summed E-state index contributed by atoms with van der Waals surface area (Å²) in [6.07, 6.45) is 0. The van der Waals surface area contributed by atoms with Crippen LogP contribution in [0.15, 0.2) is 18.2 Å². The Kier molecular flexibility index (Phi) is 4.38. The van der Waals surface area contributed by atoms with Gasteiger partial charge in [-0.25, -0.2) is 9.18 Å². The first-order valence-electron chi connectivity index (χ1n) is 5.42. The lowest BCUT2D eigenvalue weighted by Crippen LogP contribution is -2.39. The molecule has 0 radical (unpaired) electrons. The standard InChI is InChI=1S/C12H15FN2O3/c1-6(2)10(14)11(16)15-7-3-4-9(13)8(5-7)12(17)18/h3-6,10H,14H2,1-2H3,(H,15,16)(H,17,18)/t10-/m0/s1. The Morgan fingerprint density at radius 3 is 2.50 bits per heavy atom. The lowest BCUT2D eigenvalue weighted by molar-refractivity contribution is -0.118. The summed E-state index contributed by atoms with van der Waals surface area (Å²) in [6, 6.07) is 2.62. The molecule has 0 saturated heterocycles. The molecule has 5 nitrogen and oxygen atoms in total. The zero-order valence-electron chi connectivity index (χ0n) is 10.1. The highest BCUT2D eigenvalue weighted by Crippen LogP contribution is 2.15. The molecule has 4 N–H and O–H groups in total. The maximum absolute atomic E-state index is 13.1. The molecule has 0 bridgehead atoms. The molecule has 0 fully saturated rings. The summed E-state index contributed by atoms with van der Waals surface area (Å²) in [4.78, 5) is 22.4. The second-order valence-corrected chi connectivity index (χ2v) is 4.26. The number of rotatable bonds is 4. The van der Waals surface area contributed by atoms with Crippen molar-refractivity contribution in [1.29, 1.82) is 0 Å². The molecule has 1 aromatic rings. The first kappa shape index (κ1) is 14.1. The minimum atomic E-state index is -1.39. The maximum atomic E-state index is 13.1. The molecule has 6 heteroatoms. The number of nitrogens with two attached hydrogens (primary N) is 1. The van der Waals surface area contributed by atoms with E-state index >= 15 is 0 Å². The fourth-order valence-corrected chi connectivity index (χ4v) is 1.30. The first-order valence-corrected chi connectivity index (χ1v) is 5.42. The Morgan fingerprint density at radius 1 is 1.39 bits per heavy atom. The highest BCUT2D eigenvalue weighted by atomic mass is 19.1. The number of benzene rings is 1. The number of carboxylic acid groups (broad SMARTS) is 1. The lowest BCUT2D eigenvalue weighted by Gasteiger charge is -2.15. The van der Waals surface area contributed by atoms with Gasteiger partial charge in [-0.2, -0.15) is 0 Å². The van der Waals surface area contributed by atoms with Crippen LogP contribution in [0.4, 0.5) is 10.1 Å². The van der Waals surface area contributed by atoms with Crippen LogP contribution in [0.2, 0.25) is 0 Å². The van der Waals surface area contributed by atoms with Gasteiger partial charge in [0, 0.05) is 5.69 Å². The molecule has 0 spiro atoms. The van der Waals surface area contributed by atoms with E-state index < -0.39 is 29.3 Å². The van der Waals surface area contributed by atoms with Crippen LogP contribution >= 0.6 is 0 Å². The van der Waals surface area contributed by atoms with Crippen LogP contribution < -0.4 is 11.1 Å². The average Bonchev–Trinajstić information content (AvgIpc) is 2.29. The molecular weight excluding hydrogens is 239 g/mol. The highest BCUT2D eigenvalue weighted by Gasteiger charge is 2.18. The van der Waals surface area contributed by atoms with E-state index in [1.54, 1.807) is 13.8 Å². The van der Waals surface area contributed by atoms with Crippen LogP contribution in [-0.2, 0) is 4.79 Å². The Bertz CT molecular complexity index is 474. The first-order chi connectivity index (χ1) is 8.32. The van der Waals surface area contributed by atoms with Crippen molar-refractivity contribution in [3.63, 3.8) is 0 Å². The Morgan fingerprint density at radius 2 is 2.00 bits per heavy atom. The van der Waals surface area contributed by atoms with Gasteiger partial charge < -0.3 is 16.2 Å². The summed E-state index contributed by atoms with van der Waals surface area (Å²) in [5, 5.41) is 11.2. The number of amides is 1. The zero-order chi connectivity index (χ0) is 13.9. The number of carbonyl (C=O) groups excluding carboxylic acids is 1. The number of nitrogens with one attached hydrogen (secondary N) is 1. The van der Waals surface area contributed by atoms with Crippen molar-refractivity contribution in [3.8, 4) is 0 Å². The van der Waals surface area contributed by atoms with Crippen LogP contribution in [0.1, 0.15) is 24.2 Å². The second-order valence-electron chi connectivity index (χ2n) is 4.26. The van der Waals surface area contributed by atoms with Crippen molar-refractivity contribution in [1.82, 2.24) is 0 Å². The average molecular weight is 254 g/mol. The number of halogens is 1. The minimum absolute atomic E-state index is 0.0515. The van der Waals surface area contributed by atoms with Crippen LogP contribution in [0.5, 0.6) is 0 Å². The molecule has 0 saturated carbocycles. The van der Waals surface area contributed by atoms with E-state index in [0.717, 1.165) is 12.1 Å². The summed E-state index contributed by atoms with van der Waals surface area (Å²) >= 11 is 0. The van der Waals surface area contributed by atoms with Gasteiger partial charge in [-0.3, -0.25) is 4.79 Å². The van der Waals surface area contributed by atoms with Crippen molar-refractivity contribution >= 4 is 17.6 Å². The molecule has 0 aromatic heterocycles. The van der Waals surface area contributed by atoms with E-state index in [2.05, 4.69) is 5.32 Å². The Hall–Kier alpha value is -1.95. The maximum Gasteiger partial charge on any atom is 0.338 e. The van der Waals surface area contributed by atoms with E-state index in [1.807, 2.05) is 0 Å². The molecule has 1 amide bonds. The third kappa shape index (κ3) is 3.27. The summed E-state index contributed by atoms with van der Waals surface area (Å²) in [6.45, 7) is 3.58. The van der Waals surface area contributed by atoms with Gasteiger partial charge in [0.1, 0.15) is 5.82 Å². The summed E-state index contributed by atoms with van der Waals surface area (Å²) in [7, 11) is 0. The predicted octanol–water partition coefficient (Wildman–Crippen LogP) is 1.45. The summed E-state index contributed by atoms with van der Waals surface area (Å²) in [5.41, 5.74) is 5.34. The van der Waals surface area contributed by atoms with Crippen LogP contribution in [0.3, 0.4) is 0 Å². The SMILES string of the molecule is CC(C)[C@H](N)C(=O)Nc1ccc(F)c(C(=O)O)c1. The van der Waals surface area contributed by atoms with Gasteiger partial charge in [0.05, 0.1) is 11.6 Å². The highest BCUT2D eigenvalue weighted by molar-refractivity contribution is 5.96. The third-order valence-electron chi connectivity index (χ3n) is 2.49. The second kappa shape index (κ2) is 5.59. The van der Waals surface area contributed by atoms with Crippen molar-refractivity contribution in [2.75, 3.05) is 5.32 Å². The number of hydrogen-bond donors (Lipinski definition) is 3. The van der Waals surface area contributed by atoms with Crippen molar-refractivity contribution in [2.24, 2.45) is 11.7 Å². The lowest BCUT2D eigenvalue weighted by atomic mass is 10.0. The van der Waals surface area contributed by atoms with Crippen LogP contribution in [0.25, 0.3) is 0 Å². The molecule has 98 valence electrons. The fraction of sp³-hybridized carbons (Fsp3) is 0.333.